The van der Waals surface area contributed by atoms with Crippen molar-refractivity contribution in [3.05, 3.63) is 40.3 Å². The first-order valence-corrected chi connectivity index (χ1v) is 7.31. The predicted octanol–water partition coefficient (Wildman–Crippen LogP) is 1.61. The van der Waals surface area contributed by atoms with Gasteiger partial charge in [-0.2, -0.15) is 5.10 Å². The summed E-state index contributed by atoms with van der Waals surface area (Å²) in [5, 5.41) is 19.2. The highest BCUT2D eigenvalue weighted by Gasteiger charge is 2.26. The second-order valence-electron chi connectivity index (χ2n) is 5.13. The lowest BCUT2D eigenvalue weighted by atomic mass is 9.99. The SMILES string of the molecule is CC(C(=O)NCC(C)(O)c1cnn(C)c1)c1cccs1. The van der Waals surface area contributed by atoms with Crippen molar-refractivity contribution in [3.8, 4) is 0 Å². The molecule has 0 saturated heterocycles. The molecule has 0 saturated carbocycles. The quantitative estimate of drug-likeness (QED) is 0.880. The van der Waals surface area contributed by atoms with E-state index in [0.717, 1.165) is 4.88 Å². The molecular weight excluding hydrogens is 274 g/mol. The number of nitrogens with zero attached hydrogens (tertiary/aromatic N) is 2. The average molecular weight is 293 g/mol. The van der Waals surface area contributed by atoms with Gasteiger partial charge in [0.2, 0.25) is 5.91 Å². The first-order chi connectivity index (χ1) is 9.40. The molecule has 2 unspecified atom stereocenters. The largest absolute Gasteiger partial charge is 0.383 e. The van der Waals surface area contributed by atoms with Crippen molar-refractivity contribution in [1.29, 1.82) is 0 Å². The summed E-state index contributed by atoms with van der Waals surface area (Å²) >= 11 is 1.56. The van der Waals surface area contributed by atoms with E-state index in [1.165, 1.54) is 0 Å². The summed E-state index contributed by atoms with van der Waals surface area (Å²) < 4.78 is 1.62. The van der Waals surface area contributed by atoms with Crippen LogP contribution in [0.5, 0.6) is 0 Å². The molecule has 2 N–H and O–H groups in total. The predicted molar refractivity (Wildman–Crippen MR) is 78.5 cm³/mol. The molecule has 0 radical (unpaired) electrons. The van der Waals surface area contributed by atoms with Crippen LogP contribution in [0.15, 0.2) is 29.9 Å². The zero-order valence-electron chi connectivity index (χ0n) is 11.8. The Kier molecular flexibility index (Phi) is 4.25. The molecule has 6 heteroatoms. The minimum Gasteiger partial charge on any atom is -0.383 e. The van der Waals surface area contributed by atoms with Crippen molar-refractivity contribution in [1.82, 2.24) is 15.1 Å². The van der Waals surface area contributed by atoms with E-state index in [9.17, 15) is 9.90 Å². The number of hydrogen-bond donors (Lipinski definition) is 2. The standard InChI is InChI=1S/C14H19N3O2S/c1-10(12-5-4-6-20-12)13(18)15-9-14(2,19)11-7-16-17(3)8-11/h4-8,10,19H,9H2,1-3H3,(H,15,18). The number of amides is 1. The summed E-state index contributed by atoms with van der Waals surface area (Å²) in [4.78, 5) is 13.1. The normalized spacial score (nSPS) is 15.6. The van der Waals surface area contributed by atoms with Gasteiger partial charge in [0, 0.05) is 23.7 Å². The van der Waals surface area contributed by atoms with Crippen LogP contribution in [-0.4, -0.2) is 27.3 Å². The van der Waals surface area contributed by atoms with Crippen molar-refractivity contribution in [2.75, 3.05) is 6.54 Å². The molecule has 108 valence electrons. The van der Waals surface area contributed by atoms with Gasteiger partial charge in [-0.25, -0.2) is 0 Å². The molecule has 0 fully saturated rings. The molecule has 2 atom stereocenters. The van der Waals surface area contributed by atoms with Gasteiger partial charge in [-0.1, -0.05) is 6.07 Å². The Hall–Kier alpha value is -1.66. The lowest BCUT2D eigenvalue weighted by Gasteiger charge is -2.23. The topological polar surface area (TPSA) is 67.2 Å². The third-order valence-corrected chi connectivity index (χ3v) is 4.35. The van der Waals surface area contributed by atoms with Crippen LogP contribution in [-0.2, 0) is 17.4 Å². The van der Waals surface area contributed by atoms with E-state index in [1.54, 1.807) is 42.4 Å². The van der Waals surface area contributed by atoms with Crippen LogP contribution in [0.2, 0.25) is 0 Å². The molecule has 0 aliphatic heterocycles. The second-order valence-corrected chi connectivity index (χ2v) is 6.11. The van der Waals surface area contributed by atoms with E-state index in [2.05, 4.69) is 10.4 Å². The number of aromatic nitrogens is 2. The molecule has 5 nitrogen and oxygen atoms in total. The maximum absolute atomic E-state index is 12.1. The van der Waals surface area contributed by atoms with Gasteiger partial charge in [0.15, 0.2) is 0 Å². The number of aliphatic hydroxyl groups is 1. The van der Waals surface area contributed by atoms with E-state index < -0.39 is 5.60 Å². The summed E-state index contributed by atoms with van der Waals surface area (Å²) in [6.07, 6.45) is 3.35. The van der Waals surface area contributed by atoms with Gasteiger partial charge in [-0.3, -0.25) is 9.48 Å². The lowest BCUT2D eigenvalue weighted by Crippen LogP contribution is -2.40. The molecule has 1 amide bonds. The summed E-state index contributed by atoms with van der Waals surface area (Å²) in [5.41, 5.74) is -0.442. The lowest BCUT2D eigenvalue weighted by molar-refractivity contribution is -0.123. The summed E-state index contributed by atoms with van der Waals surface area (Å²) in [7, 11) is 1.79. The second kappa shape index (κ2) is 5.76. The van der Waals surface area contributed by atoms with E-state index >= 15 is 0 Å². The highest BCUT2D eigenvalue weighted by molar-refractivity contribution is 7.10. The first-order valence-electron chi connectivity index (χ1n) is 6.43. The van der Waals surface area contributed by atoms with Crippen LogP contribution in [0, 0.1) is 0 Å². The molecule has 0 spiro atoms. The molecule has 20 heavy (non-hydrogen) atoms. The zero-order chi connectivity index (χ0) is 14.8. The number of nitrogens with one attached hydrogen (secondary N) is 1. The van der Waals surface area contributed by atoms with Gasteiger partial charge < -0.3 is 10.4 Å². The highest BCUT2D eigenvalue weighted by atomic mass is 32.1. The molecule has 0 aromatic carbocycles. The maximum atomic E-state index is 12.1. The number of rotatable bonds is 5. The van der Waals surface area contributed by atoms with Crippen molar-refractivity contribution in [2.24, 2.45) is 7.05 Å². The van der Waals surface area contributed by atoms with Crippen LogP contribution < -0.4 is 5.32 Å². The minimum atomic E-state index is -1.13. The summed E-state index contributed by atoms with van der Waals surface area (Å²) in [5.74, 6) is -0.295. The van der Waals surface area contributed by atoms with E-state index in [-0.39, 0.29) is 18.4 Å². The van der Waals surface area contributed by atoms with E-state index in [1.807, 2.05) is 24.4 Å². The molecular formula is C14H19N3O2S. The number of carbonyl (C=O) groups excluding carboxylic acids is 1. The van der Waals surface area contributed by atoms with Gasteiger partial charge in [0.25, 0.3) is 0 Å². The fraction of sp³-hybridized carbons (Fsp3) is 0.429. The molecule has 2 aromatic heterocycles. The van der Waals surface area contributed by atoms with E-state index in [0.29, 0.717) is 5.56 Å². The smallest absolute Gasteiger partial charge is 0.228 e. The third kappa shape index (κ3) is 3.26. The minimum absolute atomic E-state index is 0.0865. The fourth-order valence-electron chi connectivity index (χ4n) is 1.88. The Labute approximate surface area is 122 Å². The van der Waals surface area contributed by atoms with Gasteiger partial charge >= 0.3 is 0 Å². The molecule has 0 aliphatic rings. The molecule has 2 aromatic rings. The van der Waals surface area contributed by atoms with Gasteiger partial charge in [0.1, 0.15) is 5.60 Å². The van der Waals surface area contributed by atoms with E-state index in [4.69, 9.17) is 0 Å². The van der Waals surface area contributed by atoms with Crippen molar-refractivity contribution < 1.29 is 9.90 Å². The average Bonchev–Trinajstić information content (AvgIpc) is 3.06. The van der Waals surface area contributed by atoms with Crippen LogP contribution in [0.3, 0.4) is 0 Å². The maximum Gasteiger partial charge on any atom is 0.228 e. The van der Waals surface area contributed by atoms with Gasteiger partial charge in [0.05, 0.1) is 18.7 Å². The fourth-order valence-corrected chi connectivity index (χ4v) is 2.66. The third-order valence-electron chi connectivity index (χ3n) is 3.30. The van der Waals surface area contributed by atoms with Crippen LogP contribution in [0.1, 0.15) is 30.2 Å². The number of aryl methyl sites for hydroxylation is 1. The molecule has 2 heterocycles. The summed E-state index contributed by atoms with van der Waals surface area (Å²) in [6.45, 7) is 3.69. The van der Waals surface area contributed by atoms with Crippen LogP contribution in [0.25, 0.3) is 0 Å². The number of thiophene rings is 1. The Morgan fingerprint density at radius 2 is 2.40 bits per heavy atom. The van der Waals surface area contributed by atoms with Crippen molar-refractivity contribution in [3.63, 3.8) is 0 Å². The van der Waals surface area contributed by atoms with Crippen LogP contribution >= 0.6 is 11.3 Å². The Balaban J connectivity index is 1.96. The van der Waals surface area contributed by atoms with Gasteiger partial charge in [-0.05, 0) is 25.3 Å². The van der Waals surface area contributed by atoms with Gasteiger partial charge in [-0.15, -0.1) is 11.3 Å². The monoisotopic (exact) mass is 293 g/mol. The van der Waals surface area contributed by atoms with Crippen molar-refractivity contribution >= 4 is 17.2 Å². The number of carbonyl (C=O) groups is 1. The molecule has 0 bridgehead atoms. The number of hydrogen-bond acceptors (Lipinski definition) is 4. The Morgan fingerprint density at radius 3 is 2.95 bits per heavy atom. The zero-order valence-corrected chi connectivity index (χ0v) is 12.6. The molecule has 0 aliphatic carbocycles. The molecule has 2 rings (SSSR count). The van der Waals surface area contributed by atoms with Crippen LogP contribution in [0.4, 0.5) is 0 Å². The summed E-state index contributed by atoms with van der Waals surface area (Å²) in [6, 6.07) is 3.86. The van der Waals surface area contributed by atoms with Crippen molar-refractivity contribution in [2.45, 2.75) is 25.4 Å². The first kappa shape index (κ1) is 14.7. The Morgan fingerprint density at radius 1 is 1.65 bits per heavy atom. The Bertz CT molecular complexity index is 575. The highest BCUT2D eigenvalue weighted by Crippen LogP contribution is 2.22.